The number of hydrogen-bond donors (Lipinski definition) is 0. The number of Topliss-reactive ketones (excluding diaryl/α,β-unsaturated/α-hetero) is 1. The van der Waals surface area contributed by atoms with E-state index < -0.39 is 0 Å². The van der Waals surface area contributed by atoms with Gasteiger partial charge in [0.25, 0.3) is 0 Å². The van der Waals surface area contributed by atoms with E-state index in [0.29, 0.717) is 28.1 Å². The van der Waals surface area contributed by atoms with Gasteiger partial charge in [0.05, 0.1) is 10.0 Å². The van der Waals surface area contributed by atoms with Gasteiger partial charge in [-0.3, -0.25) is 4.79 Å². The molecule has 0 N–H and O–H groups in total. The molecule has 0 saturated carbocycles. The van der Waals surface area contributed by atoms with Gasteiger partial charge in [-0.25, -0.2) is 0 Å². The topological polar surface area (TPSA) is 20.3 Å². The van der Waals surface area contributed by atoms with Crippen LogP contribution in [0.1, 0.15) is 44.0 Å². The van der Waals surface area contributed by atoms with Crippen molar-refractivity contribution in [3.63, 3.8) is 0 Å². The monoisotopic (exact) mass is 301 g/mol. The van der Waals surface area contributed by atoms with E-state index in [1.807, 2.05) is 0 Å². The number of rotatable bonds is 7. The number of ketones is 1. The first kappa shape index (κ1) is 16.5. The van der Waals surface area contributed by atoms with E-state index >= 15 is 0 Å². The lowest BCUT2D eigenvalue weighted by molar-refractivity contribution is 0.0954. The maximum Gasteiger partial charge on any atom is 0.165 e. The molecular formula is C15H21Cl2NO. The average Bonchev–Trinajstić information content (AvgIpc) is 2.41. The fourth-order valence-electron chi connectivity index (χ4n) is 2.05. The molecule has 1 rings (SSSR count). The molecule has 0 bridgehead atoms. The van der Waals surface area contributed by atoms with Crippen LogP contribution in [0, 0.1) is 0 Å². The zero-order chi connectivity index (χ0) is 14.4. The van der Waals surface area contributed by atoms with E-state index in [-0.39, 0.29) is 5.78 Å². The van der Waals surface area contributed by atoms with Gasteiger partial charge in [-0.15, -0.1) is 0 Å². The molecule has 1 unspecified atom stereocenters. The van der Waals surface area contributed by atoms with Crippen molar-refractivity contribution in [3.05, 3.63) is 33.8 Å². The molecule has 0 aliphatic heterocycles. The summed E-state index contributed by atoms with van der Waals surface area (Å²) in [6.45, 7) is 8.16. The standard InChI is InChI=1S/C15H21Cl2NO/c1-4-11(3)18(5-2)10-9-14(19)12-7-6-8-13(16)15(12)17/h6-8,11H,4-5,9-10H2,1-3H3. The van der Waals surface area contributed by atoms with Crippen molar-refractivity contribution in [3.8, 4) is 0 Å². The predicted octanol–water partition coefficient (Wildman–Crippen LogP) is 4.69. The summed E-state index contributed by atoms with van der Waals surface area (Å²) in [4.78, 5) is 14.5. The Balaban J connectivity index is 2.67. The van der Waals surface area contributed by atoms with Gasteiger partial charge in [0, 0.05) is 24.6 Å². The summed E-state index contributed by atoms with van der Waals surface area (Å²) in [6, 6.07) is 5.68. The maximum absolute atomic E-state index is 12.2. The molecule has 0 radical (unpaired) electrons. The second-order valence-electron chi connectivity index (χ2n) is 4.66. The Kier molecular flexibility index (Phi) is 6.84. The Hall–Kier alpha value is -0.570. The van der Waals surface area contributed by atoms with Crippen molar-refractivity contribution in [2.75, 3.05) is 13.1 Å². The van der Waals surface area contributed by atoms with E-state index in [1.54, 1.807) is 18.2 Å². The quantitative estimate of drug-likeness (QED) is 0.681. The summed E-state index contributed by atoms with van der Waals surface area (Å²) in [5.41, 5.74) is 0.523. The second kappa shape index (κ2) is 7.88. The number of carbonyl (C=O) groups is 1. The van der Waals surface area contributed by atoms with Crippen molar-refractivity contribution in [1.82, 2.24) is 4.90 Å². The van der Waals surface area contributed by atoms with Crippen LogP contribution in [0.15, 0.2) is 18.2 Å². The summed E-state index contributed by atoms with van der Waals surface area (Å²) in [5.74, 6) is 0.0502. The fourth-order valence-corrected chi connectivity index (χ4v) is 2.45. The Morgan fingerprint density at radius 1 is 1.32 bits per heavy atom. The van der Waals surface area contributed by atoms with Gasteiger partial charge in [0.2, 0.25) is 0 Å². The largest absolute Gasteiger partial charge is 0.300 e. The summed E-state index contributed by atoms with van der Waals surface area (Å²) >= 11 is 12.0. The van der Waals surface area contributed by atoms with E-state index in [9.17, 15) is 4.79 Å². The van der Waals surface area contributed by atoms with Crippen molar-refractivity contribution in [1.29, 1.82) is 0 Å². The third-order valence-corrected chi connectivity index (χ3v) is 4.32. The van der Waals surface area contributed by atoms with Crippen molar-refractivity contribution in [2.24, 2.45) is 0 Å². The van der Waals surface area contributed by atoms with E-state index in [4.69, 9.17) is 23.2 Å². The molecule has 1 aromatic carbocycles. The van der Waals surface area contributed by atoms with Crippen LogP contribution in [0.5, 0.6) is 0 Å². The Bertz CT molecular complexity index is 434. The zero-order valence-electron chi connectivity index (χ0n) is 11.7. The highest BCUT2D eigenvalue weighted by molar-refractivity contribution is 6.43. The molecular weight excluding hydrogens is 281 g/mol. The van der Waals surface area contributed by atoms with Gasteiger partial charge in [0.1, 0.15) is 0 Å². The molecule has 0 aliphatic carbocycles. The number of nitrogens with zero attached hydrogens (tertiary/aromatic N) is 1. The SMILES string of the molecule is CCC(C)N(CC)CCC(=O)c1cccc(Cl)c1Cl. The Labute approximate surface area is 125 Å². The highest BCUT2D eigenvalue weighted by atomic mass is 35.5. The van der Waals surface area contributed by atoms with Crippen molar-refractivity contribution < 1.29 is 4.79 Å². The molecule has 0 aromatic heterocycles. The average molecular weight is 302 g/mol. The molecule has 4 heteroatoms. The zero-order valence-corrected chi connectivity index (χ0v) is 13.3. The van der Waals surface area contributed by atoms with Crippen LogP contribution in [0.25, 0.3) is 0 Å². The molecule has 2 nitrogen and oxygen atoms in total. The van der Waals surface area contributed by atoms with Gasteiger partial charge in [0.15, 0.2) is 5.78 Å². The van der Waals surface area contributed by atoms with Crippen molar-refractivity contribution in [2.45, 2.75) is 39.7 Å². The molecule has 0 fully saturated rings. The minimum atomic E-state index is 0.0502. The lowest BCUT2D eigenvalue weighted by atomic mass is 10.1. The minimum Gasteiger partial charge on any atom is -0.300 e. The summed E-state index contributed by atoms with van der Waals surface area (Å²) in [7, 11) is 0. The molecule has 1 aromatic rings. The smallest absolute Gasteiger partial charge is 0.165 e. The molecule has 0 aliphatic rings. The number of carbonyl (C=O) groups excluding carboxylic acids is 1. The van der Waals surface area contributed by atoms with Gasteiger partial charge < -0.3 is 4.90 Å². The molecule has 19 heavy (non-hydrogen) atoms. The first-order valence-corrected chi connectivity index (χ1v) is 7.48. The summed E-state index contributed by atoms with van der Waals surface area (Å²) in [5, 5.41) is 0.794. The van der Waals surface area contributed by atoms with E-state index in [1.165, 1.54) is 0 Å². The maximum atomic E-state index is 12.2. The van der Waals surface area contributed by atoms with Crippen molar-refractivity contribution >= 4 is 29.0 Å². The third-order valence-electron chi connectivity index (χ3n) is 3.50. The summed E-state index contributed by atoms with van der Waals surface area (Å²) < 4.78 is 0. The van der Waals surface area contributed by atoms with Crippen LogP contribution in [0.2, 0.25) is 10.0 Å². The van der Waals surface area contributed by atoms with Crippen LogP contribution >= 0.6 is 23.2 Å². The summed E-state index contributed by atoms with van der Waals surface area (Å²) in [6.07, 6.45) is 1.55. The number of hydrogen-bond acceptors (Lipinski definition) is 2. The van der Waals surface area contributed by atoms with E-state index in [0.717, 1.165) is 19.5 Å². The van der Waals surface area contributed by atoms with Gasteiger partial charge in [-0.05, 0) is 32.0 Å². The molecule has 1 atom stereocenters. The number of halogens is 2. The van der Waals surface area contributed by atoms with Gasteiger partial charge in [-0.1, -0.05) is 43.1 Å². The van der Waals surface area contributed by atoms with Crippen LogP contribution in [-0.4, -0.2) is 29.8 Å². The first-order chi connectivity index (χ1) is 9.01. The molecule has 0 spiro atoms. The highest BCUT2D eigenvalue weighted by Crippen LogP contribution is 2.26. The Morgan fingerprint density at radius 2 is 2.00 bits per heavy atom. The molecule has 106 valence electrons. The molecule has 0 amide bonds. The highest BCUT2D eigenvalue weighted by Gasteiger charge is 2.15. The second-order valence-corrected chi connectivity index (χ2v) is 5.45. The first-order valence-electron chi connectivity index (χ1n) is 6.72. The van der Waals surface area contributed by atoms with E-state index in [2.05, 4.69) is 25.7 Å². The predicted molar refractivity (Wildman–Crippen MR) is 82.4 cm³/mol. The normalized spacial score (nSPS) is 12.7. The third kappa shape index (κ3) is 4.48. The Morgan fingerprint density at radius 3 is 2.58 bits per heavy atom. The van der Waals surface area contributed by atoms with Gasteiger partial charge >= 0.3 is 0 Å². The molecule has 0 saturated heterocycles. The van der Waals surface area contributed by atoms with Crippen LogP contribution < -0.4 is 0 Å². The minimum absolute atomic E-state index is 0.0502. The number of benzene rings is 1. The van der Waals surface area contributed by atoms with Crippen LogP contribution in [0.4, 0.5) is 0 Å². The van der Waals surface area contributed by atoms with Crippen LogP contribution in [0.3, 0.4) is 0 Å². The lowest BCUT2D eigenvalue weighted by Crippen LogP contribution is -2.34. The molecule has 0 heterocycles. The van der Waals surface area contributed by atoms with Crippen LogP contribution in [-0.2, 0) is 0 Å². The van der Waals surface area contributed by atoms with Gasteiger partial charge in [-0.2, -0.15) is 0 Å². The lowest BCUT2D eigenvalue weighted by Gasteiger charge is -2.26. The fraction of sp³-hybridized carbons (Fsp3) is 0.533.